The number of nitrogens with zero attached hydrogens (tertiary/aromatic N) is 2. The zero-order valence-electron chi connectivity index (χ0n) is 12.6. The van der Waals surface area contributed by atoms with Gasteiger partial charge in [0.05, 0.1) is 5.02 Å². The van der Waals surface area contributed by atoms with Gasteiger partial charge in [0.25, 0.3) is 5.91 Å². The summed E-state index contributed by atoms with van der Waals surface area (Å²) in [4.78, 5) is 16.8. The fourth-order valence-electron chi connectivity index (χ4n) is 2.70. The summed E-state index contributed by atoms with van der Waals surface area (Å²) in [5.41, 5.74) is 4.78. The number of halogens is 2. The van der Waals surface area contributed by atoms with Crippen molar-refractivity contribution in [3.8, 4) is 11.1 Å². The van der Waals surface area contributed by atoms with Crippen LogP contribution in [0.4, 0.5) is 0 Å². The van der Waals surface area contributed by atoms with Crippen LogP contribution < -0.4 is 5.43 Å². The Labute approximate surface area is 145 Å². The molecule has 0 radical (unpaired) electrons. The largest absolute Gasteiger partial charge is 0.284 e. The molecule has 1 fully saturated rings. The number of aromatic nitrogens is 1. The van der Waals surface area contributed by atoms with Crippen LogP contribution in [0.5, 0.6) is 0 Å². The number of hydrogen-bond donors (Lipinski definition) is 1. The molecule has 1 aliphatic rings. The number of amides is 1. The average Bonchev–Trinajstić information content (AvgIpc) is 2.55. The molecule has 4 nitrogen and oxygen atoms in total. The van der Waals surface area contributed by atoms with E-state index in [9.17, 15) is 4.79 Å². The standard InChI is InChI=1S/C17H17Cl2N3O/c18-13-6-4-5-12(9-13)15-10-14(19)11-20-16(15)17(23)21-22-7-2-1-3-8-22/h4-6,9-11H,1-3,7-8H2,(H,21,23). The van der Waals surface area contributed by atoms with Crippen LogP contribution >= 0.6 is 23.2 Å². The van der Waals surface area contributed by atoms with Crippen LogP contribution in [0.1, 0.15) is 29.8 Å². The Morgan fingerprint density at radius 1 is 1.09 bits per heavy atom. The quantitative estimate of drug-likeness (QED) is 0.903. The third-order valence-corrected chi connectivity index (χ3v) is 4.26. The molecule has 2 aromatic rings. The van der Waals surface area contributed by atoms with E-state index in [1.54, 1.807) is 18.2 Å². The topological polar surface area (TPSA) is 45.2 Å². The van der Waals surface area contributed by atoms with Gasteiger partial charge in [-0.2, -0.15) is 0 Å². The molecule has 1 aliphatic heterocycles. The normalized spacial score (nSPS) is 15.4. The van der Waals surface area contributed by atoms with Gasteiger partial charge in [-0.3, -0.25) is 10.2 Å². The van der Waals surface area contributed by atoms with Crippen LogP contribution in [-0.2, 0) is 0 Å². The van der Waals surface area contributed by atoms with E-state index in [-0.39, 0.29) is 5.91 Å². The highest BCUT2D eigenvalue weighted by atomic mass is 35.5. The van der Waals surface area contributed by atoms with Crippen molar-refractivity contribution >= 4 is 29.1 Å². The van der Waals surface area contributed by atoms with Crippen LogP contribution in [0.3, 0.4) is 0 Å². The third-order valence-electron chi connectivity index (χ3n) is 3.82. The number of carbonyl (C=O) groups excluding carboxylic acids is 1. The number of hydrazine groups is 1. The Morgan fingerprint density at radius 3 is 2.61 bits per heavy atom. The first-order valence-corrected chi connectivity index (χ1v) is 8.36. The van der Waals surface area contributed by atoms with Crippen LogP contribution in [0.25, 0.3) is 11.1 Å². The summed E-state index contributed by atoms with van der Waals surface area (Å²) in [6.07, 6.45) is 4.88. The van der Waals surface area contributed by atoms with E-state index in [4.69, 9.17) is 23.2 Å². The number of carbonyl (C=O) groups is 1. The lowest BCUT2D eigenvalue weighted by atomic mass is 10.0. The van der Waals surface area contributed by atoms with Crippen molar-refractivity contribution in [3.05, 3.63) is 52.3 Å². The SMILES string of the molecule is O=C(NN1CCCCC1)c1ncc(Cl)cc1-c1cccc(Cl)c1. The van der Waals surface area contributed by atoms with E-state index in [0.29, 0.717) is 21.3 Å². The Bertz CT molecular complexity index is 715. The van der Waals surface area contributed by atoms with Crippen molar-refractivity contribution in [1.82, 2.24) is 15.4 Å². The predicted molar refractivity (Wildman–Crippen MR) is 92.6 cm³/mol. The summed E-state index contributed by atoms with van der Waals surface area (Å²) in [6.45, 7) is 1.73. The van der Waals surface area contributed by atoms with Crippen LogP contribution in [0, 0.1) is 0 Å². The summed E-state index contributed by atoms with van der Waals surface area (Å²) >= 11 is 12.1. The summed E-state index contributed by atoms with van der Waals surface area (Å²) in [5.74, 6) is -0.224. The van der Waals surface area contributed by atoms with Gasteiger partial charge in [0, 0.05) is 29.9 Å². The van der Waals surface area contributed by atoms with Gasteiger partial charge in [-0.05, 0) is 36.6 Å². The second-order valence-electron chi connectivity index (χ2n) is 5.55. The highest BCUT2D eigenvalue weighted by Gasteiger charge is 2.19. The van der Waals surface area contributed by atoms with E-state index < -0.39 is 0 Å². The molecule has 0 bridgehead atoms. The first kappa shape index (κ1) is 16.2. The molecule has 120 valence electrons. The maximum Gasteiger partial charge on any atom is 0.284 e. The zero-order valence-corrected chi connectivity index (χ0v) is 14.1. The predicted octanol–water partition coefficient (Wildman–Crippen LogP) is 4.19. The first-order chi connectivity index (χ1) is 11.1. The summed E-state index contributed by atoms with van der Waals surface area (Å²) in [7, 11) is 0. The number of benzene rings is 1. The summed E-state index contributed by atoms with van der Waals surface area (Å²) in [5, 5.41) is 3.03. The number of piperidine rings is 1. The van der Waals surface area contributed by atoms with Gasteiger partial charge >= 0.3 is 0 Å². The fourth-order valence-corrected chi connectivity index (χ4v) is 3.05. The number of rotatable bonds is 3. The maximum absolute atomic E-state index is 12.6. The third kappa shape index (κ3) is 4.02. The second-order valence-corrected chi connectivity index (χ2v) is 6.42. The van der Waals surface area contributed by atoms with Gasteiger partial charge < -0.3 is 0 Å². The van der Waals surface area contributed by atoms with E-state index in [2.05, 4.69) is 10.4 Å². The monoisotopic (exact) mass is 349 g/mol. The summed E-state index contributed by atoms with van der Waals surface area (Å²) < 4.78 is 0. The maximum atomic E-state index is 12.6. The van der Waals surface area contributed by atoms with Crippen molar-refractivity contribution in [2.45, 2.75) is 19.3 Å². The van der Waals surface area contributed by atoms with Gasteiger partial charge in [-0.25, -0.2) is 9.99 Å². The minimum atomic E-state index is -0.224. The molecule has 0 atom stereocenters. The molecule has 0 saturated carbocycles. The fraction of sp³-hybridized carbons (Fsp3) is 0.294. The molecule has 23 heavy (non-hydrogen) atoms. The van der Waals surface area contributed by atoms with E-state index >= 15 is 0 Å². The first-order valence-electron chi connectivity index (χ1n) is 7.61. The van der Waals surface area contributed by atoms with Crippen molar-refractivity contribution in [1.29, 1.82) is 0 Å². The molecule has 1 aromatic heterocycles. The number of nitrogens with one attached hydrogen (secondary N) is 1. The van der Waals surface area contributed by atoms with Crippen molar-refractivity contribution in [2.75, 3.05) is 13.1 Å². The number of pyridine rings is 1. The van der Waals surface area contributed by atoms with Crippen molar-refractivity contribution in [3.63, 3.8) is 0 Å². The molecule has 0 spiro atoms. The smallest absolute Gasteiger partial charge is 0.283 e. The van der Waals surface area contributed by atoms with E-state index in [0.717, 1.165) is 31.5 Å². The lowest BCUT2D eigenvalue weighted by molar-refractivity contribution is 0.0745. The molecule has 1 saturated heterocycles. The summed E-state index contributed by atoms with van der Waals surface area (Å²) in [6, 6.07) is 9.05. The second kappa shape index (κ2) is 7.30. The number of hydrogen-bond acceptors (Lipinski definition) is 3. The average molecular weight is 350 g/mol. The Kier molecular flexibility index (Phi) is 5.16. The highest BCUT2D eigenvalue weighted by molar-refractivity contribution is 6.31. The molecule has 0 unspecified atom stereocenters. The van der Waals surface area contributed by atoms with Crippen molar-refractivity contribution < 1.29 is 4.79 Å². The molecule has 0 aliphatic carbocycles. The molecule has 1 aromatic carbocycles. The van der Waals surface area contributed by atoms with Crippen LogP contribution in [0.2, 0.25) is 10.0 Å². The van der Waals surface area contributed by atoms with Gasteiger partial charge in [0.2, 0.25) is 0 Å². The Morgan fingerprint density at radius 2 is 1.87 bits per heavy atom. The van der Waals surface area contributed by atoms with Gasteiger partial charge in [0.15, 0.2) is 0 Å². The van der Waals surface area contributed by atoms with Crippen molar-refractivity contribution in [2.24, 2.45) is 0 Å². The molecular formula is C17H17Cl2N3O. The Hall–Kier alpha value is -1.62. The Balaban J connectivity index is 1.90. The molecule has 3 rings (SSSR count). The zero-order chi connectivity index (χ0) is 16.2. The van der Waals surface area contributed by atoms with E-state index in [1.807, 2.05) is 17.1 Å². The lowest BCUT2D eigenvalue weighted by Gasteiger charge is -2.26. The van der Waals surface area contributed by atoms with Gasteiger partial charge in [-0.15, -0.1) is 0 Å². The molecule has 2 heterocycles. The molecular weight excluding hydrogens is 333 g/mol. The molecule has 6 heteroatoms. The minimum absolute atomic E-state index is 0.224. The lowest BCUT2D eigenvalue weighted by Crippen LogP contribution is -2.45. The van der Waals surface area contributed by atoms with Crippen LogP contribution in [0.15, 0.2) is 36.5 Å². The molecule has 1 amide bonds. The van der Waals surface area contributed by atoms with Crippen LogP contribution in [-0.4, -0.2) is 29.0 Å². The van der Waals surface area contributed by atoms with Gasteiger partial charge in [-0.1, -0.05) is 41.8 Å². The minimum Gasteiger partial charge on any atom is -0.283 e. The highest BCUT2D eigenvalue weighted by Crippen LogP contribution is 2.27. The molecule has 1 N–H and O–H groups in total. The van der Waals surface area contributed by atoms with E-state index in [1.165, 1.54) is 12.6 Å². The van der Waals surface area contributed by atoms with Gasteiger partial charge in [0.1, 0.15) is 5.69 Å².